The van der Waals surface area contributed by atoms with E-state index < -0.39 is 0 Å². The van der Waals surface area contributed by atoms with Crippen LogP contribution < -0.4 is 0 Å². The lowest BCUT2D eigenvalue weighted by Crippen LogP contribution is -1.88. The van der Waals surface area contributed by atoms with Crippen molar-refractivity contribution in [1.29, 1.82) is 0 Å². The van der Waals surface area contributed by atoms with Crippen molar-refractivity contribution >= 4 is 49.1 Å². The third kappa shape index (κ3) is 4.09. The average molecular weight is 395 g/mol. The number of thiazole rings is 1. The van der Waals surface area contributed by atoms with E-state index in [1.54, 1.807) is 0 Å². The Labute approximate surface area is 148 Å². The molecule has 0 bridgehead atoms. The number of hydrogen-bond acceptors (Lipinski definition) is 2. The number of hydrogen-bond donors (Lipinski definition) is 0. The molecule has 114 valence electrons. The summed E-state index contributed by atoms with van der Waals surface area (Å²) >= 11 is 11.3. The van der Waals surface area contributed by atoms with Gasteiger partial charge in [-0.2, -0.15) is 0 Å². The fourth-order valence-electron chi connectivity index (χ4n) is 2.50. The molecule has 0 amide bonds. The fourth-order valence-corrected chi connectivity index (χ4v) is 4.24. The van der Waals surface area contributed by atoms with Gasteiger partial charge in [0.05, 0.1) is 15.2 Å². The molecule has 4 heteroatoms. The van der Waals surface area contributed by atoms with E-state index in [1.807, 2.05) is 29.5 Å². The van der Waals surface area contributed by atoms with Crippen LogP contribution >= 0.6 is 38.9 Å². The van der Waals surface area contributed by atoms with Crippen LogP contribution in [0.4, 0.5) is 0 Å². The molecule has 1 heterocycles. The Kier molecular flexibility index (Phi) is 5.51. The summed E-state index contributed by atoms with van der Waals surface area (Å²) in [6.07, 6.45) is 5.86. The maximum atomic E-state index is 5.90. The molecule has 0 fully saturated rings. The number of halogens is 2. The van der Waals surface area contributed by atoms with Gasteiger partial charge in [0, 0.05) is 9.50 Å². The van der Waals surface area contributed by atoms with Gasteiger partial charge in [0.15, 0.2) is 0 Å². The molecular weight excluding hydrogens is 378 g/mol. The van der Waals surface area contributed by atoms with Crippen LogP contribution in [0.25, 0.3) is 10.2 Å². The molecule has 0 saturated heterocycles. The van der Waals surface area contributed by atoms with Gasteiger partial charge >= 0.3 is 0 Å². The summed E-state index contributed by atoms with van der Waals surface area (Å²) in [5, 5.41) is 2.05. The molecule has 0 aliphatic heterocycles. The molecular formula is C18H17BrClNS. The van der Waals surface area contributed by atoms with Crippen LogP contribution in [0.15, 0.2) is 46.9 Å². The lowest BCUT2D eigenvalue weighted by atomic mass is 10.1. The first kappa shape index (κ1) is 16.0. The first-order chi connectivity index (χ1) is 10.7. The summed E-state index contributed by atoms with van der Waals surface area (Å²) in [7, 11) is 0. The van der Waals surface area contributed by atoms with Gasteiger partial charge in [-0.05, 0) is 71.4 Å². The van der Waals surface area contributed by atoms with Crippen LogP contribution in [0.5, 0.6) is 0 Å². The van der Waals surface area contributed by atoms with E-state index >= 15 is 0 Å². The third-order valence-corrected chi connectivity index (χ3v) is 6.02. The number of benzene rings is 2. The molecule has 0 atom stereocenters. The monoisotopic (exact) mass is 393 g/mol. The van der Waals surface area contributed by atoms with Gasteiger partial charge in [-0.25, -0.2) is 4.98 Å². The van der Waals surface area contributed by atoms with Gasteiger partial charge in [0.1, 0.15) is 0 Å². The van der Waals surface area contributed by atoms with Crippen molar-refractivity contribution in [3.05, 3.63) is 62.5 Å². The third-order valence-electron chi connectivity index (χ3n) is 3.68. The zero-order valence-corrected chi connectivity index (χ0v) is 15.3. The SMILES string of the molecule is Clc1ccc(CCCCCc2nc3cccc(Br)c3s2)cc1. The van der Waals surface area contributed by atoms with Gasteiger partial charge < -0.3 is 0 Å². The minimum Gasteiger partial charge on any atom is -0.241 e. The molecule has 3 rings (SSSR count). The predicted molar refractivity (Wildman–Crippen MR) is 100 cm³/mol. The van der Waals surface area contributed by atoms with Crippen LogP contribution in [-0.4, -0.2) is 4.98 Å². The van der Waals surface area contributed by atoms with E-state index in [-0.39, 0.29) is 0 Å². The number of unbranched alkanes of at least 4 members (excludes halogenated alkanes) is 2. The molecule has 22 heavy (non-hydrogen) atoms. The number of nitrogens with zero attached hydrogens (tertiary/aromatic N) is 1. The van der Waals surface area contributed by atoms with Gasteiger partial charge in [0.25, 0.3) is 0 Å². The van der Waals surface area contributed by atoms with E-state index in [2.05, 4.69) is 40.2 Å². The highest BCUT2D eigenvalue weighted by atomic mass is 79.9. The van der Waals surface area contributed by atoms with Crippen molar-refractivity contribution in [3.63, 3.8) is 0 Å². The van der Waals surface area contributed by atoms with Gasteiger partial charge in [-0.1, -0.05) is 36.2 Å². The van der Waals surface area contributed by atoms with Gasteiger partial charge in [-0.3, -0.25) is 0 Å². The molecule has 0 radical (unpaired) electrons. The van der Waals surface area contributed by atoms with Crippen molar-refractivity contribution in [2.75, 3.05) is 0 Å². The summed E-state index contributed by atoms with van der Waals surface area (Å²) in [6, 6.07) is 14.4. The van der Waals surface area contributed by atoms with Crippen molar-refractivity contribution in [2.24, 2.45) is 0 Å². The lowest BCUT2D eigenvalue weighted by Gasteiger charge is -2.01. The molecule has 0 N–H and O–H groups in total. The Morgan fingerprint density at radius 3 is 2.50 bits per heavy atom. The Balaban J connectivity index is 1.46. The molecule has 0 spiro atoms. The van der Waals surface area contributed by atoms with Crippen LogP contribution in [-0.2, 0) is 12.8 Å². The maximum absolute atomic E-state index is 5.90. The second kappa shape index (κ2) is 7.58. The minimum atomic E-state index is 0.811. The average Bonchev–Trinajstić information content (AvgIpc) is 2.93. The van der Waals surface area contributed by atoms with E-state index in [4.69, 9.17) is 16.6 Å². The molecule has 2 aromatic carbocycles. The van der Waals surface area contributed by atoms with Crippen molar-refractivity contribution in [1.82, 2.24) is 4.98 Å². The Bertz CT molecular complexity index is 751. The van der Waals surface area contributed by atoms with Crippen LogP contribution in [0.2, 0.25) is 5.02 Å². The fraction of sp³-hybridized carbons (Fsp3) is 0.278. The molecule has 3 aromatic rings. The molecule has 1 aromatic heterocycles. The highest BCUT2D eigenvalue weighted by Gasteiger charge is 2.06. The highest BCUT2D eigenvalue weighted by Crippen LogP contribution is 2.30. The predicted octanol–water partition coefficient (Wildman–Crippen LogP) is 6.67. The second-order valence-corrected chi connectivity index (χ2v) is 7.76. The van der Waals surface area contributed by atoms with Crippen LogP contribution in [0.1, 0.15) is 29.8 Å². The van der Waals surface area contributed by atoms with Crippen LogP contribution in [0.3, 0.4) is 0 Å². The highest BCUT2D eigenvalue weighted by molar-refractivity contribution is 9.10. The molecule has 0 aliphatic carbocycles. The summed E-state index contributed by atoms with van der Waals surface area (Å²) in [6.45, 7) is 0. The minimum absolute atomic E-state index is 0.811. The first-order valence-corrected chi connectivity index (χ1v) is 9.49. The lowest BCUT2D eigenvalue weighted by molar-refractivity contribution is 0.677. The van der Waals surface area contributed by atoms with E-state index in [0.29, 0.717) is 0 Å². The number of aryl methyl sites for hydroxylation is 2. The standard InChI is InChI=1S/C18H17BrClNS/c19-15-6-4-7-16-18(15)22-17(21-16)8-3-1-2-5-13-9-11-14(20)12-10-13/h4,6-7,9-12H,1-3,5,8H2. The van der Waals surface area contributed by atoms with Crippen molar-refractivity contribution in [3.8, 4) is 0 Å². The quantitative estimate of drug-likeness (QED) is 0.425. The molecule has 1 nitrogen and oxygen atoms in total. The normalized spacial score (nSPS) is 11.2. The largest absolute Gasteiger partial charge is 0.241 e. The van der Waals surface area contributed by atoms with E-state index in [0.717, 1.165) is 27.9 Å². The first-order valence-electron chi connectivity index (χ1n) is 7.51. The maximum Gasteiger partial charge on any atom is 0.0939 e. The number of fused-ring (bicyclic) bond motifs is 1. The van der Waals surface area contributed by atoms with Crippen molar-refractivity contribution in [2.45, 2.75) is 32.1 Å². The van der Waals surface area contributed by atoms with Gasteiger partial charge in [-0.15, -0.1) is 11.3 Å². The van der Waals surface area contributed by atoms with Crippen LogP contribution in [0, 0.1) is 0 Å². The number of rotatable bonds is 6. The number of aromatic nitrogens is 1. The molecule has 0 aliphatic rings. The summed E-state index contributed by atoms with van der Waals surface area (Å²) in [5.74, 6) is 0. The smallest absolute Gasteiger partial charge is 0.0939 e. The summed E-state index contributed by atoms with van der Waals surface area (Å²) in [5.41, 5.74) is 2.48. The summed E-state index contributed by atoms with van der Waals surface area (Å²) in [4.78, 5) is 4.71. The van der Waals surface area contributed by atoms with Crippen molar-refractivity contribution < 1.29 is 0 Å². The summed E-state index contributed by atoms with van der Waals surface area (Å²) < 4.78 is 2.41. The Morgan fingerprint density at radius 2 is 1.73 bits per heavy atom. The second-order valence-electron chi connectivity index (χ2n) is 5.38. The molecule has 0 saturated carbocycles. The topological polar surface area (TPSA) is 12.9 Å². The Morgan fingerprint density at radius 1 is 0.955 bits per heavy atom. The Hall–Kier alpha value is -0.900. The van der Waals surface area contributed by atoms with Gasteiger partial charge in [0.2, 0.25) is 0 Å². The van der Waals surface area contributed by atoms with E-state index in [9.17, 15) is 0 Å². The van der Waals surface area contributed by atoms with E-state index in [1.165, 1.54) is 34.5 Å². The zero-order valence-electron chi connectivity index (χ0n) is 12.2. The molecule has 0 unspecified atom stereocenters. The zero-order chi connectivity index (χ0) is 15.4.